The van der Waals surface area contributed by atoms with Crippen LogP contribution < -0.4 is 10.0 Å². The molecular formula is C5H11ClN2O3S. The fourth-order valence-electron chi connectivity index (χ4n) is 0.438. The van der Waals surface area contributed by atoms with Crippen molar-refractivity contribution in [3.8, 4) is 0 Å². The van der Waals surface area contributed by atoms with Crippen LogP contribution in [0.2, 0.25) is 0 Å². The molecule has 0 bridgehead atoms. The third kappa shape index (κ3) is 5.34. The number of carbonyl (C=O) groups is 1. The van der Waals surface area contributed by atoms with Gasteiger partial charge in [0.25, 0.3) is 0 Å². The van der Waals surface area contributed by atoms with Crippen LogP contribution in [-0.2, 0) is 14.8 Å². The second-order valence-corrected chi connectivity index (χ2v) is 4.31. The van der Waals surface area contributed by atoms with Gasteiger partial charge in [-0.1, -0.05) is 0 Å². The van der Waals surface area contributed by atoms with E-state index in [-0.39, 0.29) is 24.1 Å². The number of amides is 1. The van der Waals surface area contributed by atoms with Crippen LogP contribution in [0.25, 0.3) is 0 Å². The molecule has 0 aliphatic heterocycles. The fourth-order valence-corrected chi connectivity index (χ4v) is 1.75. The average Bonchev–Trinajstić information content (AvgIpc) is 2.00. The summed E-state index contributed by atoms with van der Waals surface area (Å²) in [5.74, 6) is -0.539. The van der Waals surface area contributed by atoms with Crippen molar-refractivity contribution < 1.29 is 13.2 Å². The van der Waals surface area contributed by atoms with Crippen molar-refractivity contribution in [3.05, 3.63) is 0 Å². The van der Waals surface area contributed by atoms with Gasteiger partial charge < -0.3 is 5.32 Å². The van der Waals surface area contributed by atoms with E-state index in [0.29, 0.717) is 0 Å². The van der Waals surface area contributed by atoms with Crippen molar-refractivity contribution in [1.82, 2.24) is 10.0 Å². The maximum atomic E-state index is 10.9. The van der Waals surface area contributed by atoms with Crippen molar-refractivity contribution in [2.24, 2.45) is 0 Å². The Morgan fingerprint density at radius 1 is 1.50 bits per heavy atom. The van der Waals surface area contributed by atoms with E-state index >= 15 is 0 Å². The van der Waals surface area contributed by atoms with E-state index in [2.05, 4.69) is 10.0 Å². The van der Waals surface area contributed by atoms with Gasteiger partial charge in [0.2, 0.25) is 15.9 Å². The van der Waals surface area contributed by atoms with Gasteiger partial charge in [0, 0.05) is 12.9 Å². The predicted molar refractivity (Wildman–Crippen MR) is 46.6 cm³/mol. The Hall–Kier alpha value is -0.330. The molecule has 0 unspecified atom stereocenters. The maximum absolute atomic E-state index is 10.9. The third-order valence-corrected chi connectivity index (χ3v) is 2.82. The van der Waals surface area contributed by atoms with Gasteiger partial charge in [-0.15, -0.1) is 11.6 Å². The summed E-state index contributed by atoms with van der Waals surface area (Å²) in [6, 6.07) is 0. The van der Waals surface area contributed by atoms with Crippen LogP contribution in [0.5, 0.6) is 0 Å². The first-order chi connectivity index (χ1) is 5.52. The van der Waals surface area contributed by atoms with Crippen molar-refractivity contribution in [2.45, 2.75) is 0 Å². The molecule has 1 amide bonds. The SMILES string of the molecule is CNC(=O)CNS(=O)(=O)CCCl. The molecular weight excluding hydrogens is 204 g/mol. The molecule has 2 N–H and O–H groups in total. The Balaban J connectivity index is 3.84. The smallest absolute Gasteiger partial charge is 0.234 e. The predicted octanol–water partition coefficient (Wildman–Crippen LogP) is -1.11. The van der Waals surface area contributed by atoms with Gasteiger partial charge in [-0.3, -0.25) is 4.79 Å². The summed E-state index contributed by atoms with van der Waals surface area (Å²) < 4.78 is 23.8. The highest BCUT2D eigenvalue weighted by Crippen LogP contribution is 1.85. The lowest BCUT2D eigenvalue weighted by Gasteiger charge is -2.02. The number of hydrogen-bond acceptors (Lipinski definition) is 3. The van der Waals surface area contributed by atoms with Crippen LogP contribution in [0.4, 0.5) is 0 Å². The number of likely N-dealkylation sites (N-methyl/N-ethyl adjacent to an activating group) is 1. The highest BCUT2D eigenvalue weighted by atomic mass is 35.5. The molecule has 0 aromatic heterocycles. The van der Waals surface area contributed by atoms with E-state index in [9.17, 15) is 13.2 Å². The van der Waals surface area contributed by atoms with Crippen LogP contribution >= 0.6 is 11.6 Å². The summed E-state index contributed by atoms with van der Waals surface area (Å²) in [5.41, 5.74) is 0. The molecule has 7 heteroatoms. The minimum atomic E-state index is -3.38. The molecule has 0 fully saturated rings. The lowest BCUT2D eigenvalue weighted by Crippen LogP contribution is -2.36. The van der Waals surface area contributed by atoms with E-state index in [4.69, 9.17) is 11.6 Å². The molecule has 5 nitrogen and oxygen atoms in total. The summed E-state index contributed by atoms with van der Waals surface area (Å²) in [6.07, 6.45) is 0. The molecule has 72 valence electrons. The summed E-state index contributed by atoms with van der Waals surface area (Å²) in [4.78, 5) is 10.6. The van der Waals surface area contributed by atoms with Crippen LogP contribution in [0.3, 0.4) is 0 Å². The zero-order valence-electron chi connectivity index (χ0n) is 6.63. The molecule has 12 heavy (non-hydrogen) atoms. The molecule has 0 aliphatic rings. The lowest BCUT2D eigenvalue weighted by molar-refractivity contribution is -0.119. The number of halogens is 1. The van der Waals surface area contributed by atoms with Crippen molar-refractivity contribution in [2.75, 3.05) is 25.2 Å². The Morgan fingerprint density at radius 2 is 2.08 bits per heavy atom. The molecule has 0 radical (unpaired) electrons. The standard InChI is InChI=1S/C5H11ClN2O3S/c1-7-5(9)4-8-12(10,11)3-2-6/h8H,2-4H2,1H3,(H,7,9). The Labute approximate surface area is 76.5 Å². The van der Waals surface area contributed by atoms with Gasteiger partial charge in [0.15, 0.2) is 0 Å². The van der Waals surface area contributed by atoms with Crippen molar-refractivity contribution >= 4 is 27.5 Å². The van der Waals surface area contributed by atoms with E-state index < -0.39 is 10.0 Å². The minimum Gasteiger partial charge on any atom is -0.358 e. The number of carbonyl (C=O) groups excluding carboxylic acids is 1. The van der Waals surface area contributed by atoms with E-state index in [1.165, 1.54) is 7.05 Å². The lowest BCUT2D eigenvalue weighted by atomic mass is 10.6. The topological polar surface area (TPSA) is 75.3 Å². The number of sulfonamides is 1. The maximum Gasteiger partial charge on any atom is 0.234 e. The molecule has 0 spiro atoms. The molecule has 0 aromatic rings. The largest absolute Gasteiger partial charge is 0.358 e. The summed E-state index contributed by atoms with van der Waals surface area (Å²) in [5, 5.41) is 2.28. The Kier molecular flexibility index (Phi) is 5.19. The van der Waals surface area contributed by atoms with Gasteiger partial charge in [-0.05, 0) is 0 Å². The zero-order chi connectivity index (χ0) is 9.61. The second-order valence-electron chi connectivity index (χ2n) is 2.00. The molecule has 0 rings (SSSR count). The highest BCUT2D eigenvalue weighted by Gasteiger charge is 2.09. The third-order valence-electron chi connectivity index (χ3n) is 1.08. The van der Waals surface area contributed by atoms with Gasteiger partial charge in [0.1, 0.15) is 0 Å². The quantitative estimate of drug-likeness (QED) is 0.570. The molecule has 0 saturated carbocycles. The second kappa shape index (κ2) is 5.34. The number of hydrogen-bond donors (Lipinski definition) is 2. The average molecular weight is 215 g/mol. The Morgan fingerprint density at radius 3 is 2.50 bits per heavy atom. The molecule has 0 aliphatic carbocycles. The van der Waals surface area contributed by atoms with Crippen molar-refractivity contribution in [1.29, 1.82) is 0 Å². The molecule has 0 aromatic carbocycles. The molecule has 0 heterocycles. The zero-order valence-corrected chi connectivity index (χ0v) is 8.20. The van der Waals surface area contributed by atoms with E-state index in [1.807, 2.05) is 0 Å². The summed E-state index contributed by atoms with van der Waals surface area (Å²) in [6.45, 7) is -0.240. The number of nitrogens with one attached hydrogen (secondary N) is 2. The van der Waals surface area contributed by atoms with E-state index in [1.54, 1.807) is 0 Å². The fraction of sp³-hybridized carbons (Fsp3) is 0.800. The van der Waals surface area contributed by atoms with Crippen LogP contribution in [-0.4, -0.2) is 39.6 Å². The van der Waals surface area contributed by atoms with Crippen molar-refractivity contribution in [3.63, 3.8) is 0 Å². The van der Waals surface area contributed by atoms with Crippen LogP contribution in [0.1, 0.15) is 0 Å². The summed E-state index contributed by atoms with van der Waals surface area (Å²) >= 11 is 5.22. The first-order valence-electron chi connectivity index (χ1n) is 3.25. The normalized spacial score (nSPS) is 11.2. The highest BCUT2D eigenvalue weighted by molar-refractivity contribution is 7.89. The number of alkyl halides is 1. The summed E-state index contributed by atoms with van der Waals surface area (Å²) in [7, 11) is -1.95. The van der Waals surface area contributed by atoms with E-state index in [0.717, 1.165) is 0 Å². The van der Waals surface area contributed by atoms with Gasteiger partial charge in [-0.2, -0.15) is 0 Å². The molecule has 0 saturated heterocycles. The number of rotatable bonds is 5. The first-order valence-corrected chi connectivity index (χ1v) is 5.44. The Bertz CT molecular complexity index is 239. The first kappa shape index (κ1) is 11.7. The van der Waals surface area contributed by atoms with Crippen LogP contribution in [0, 0.1) is 0 Å². The van der Waals surface area contributed by atoms with Crippen LogP contribution in [0.15, 0.2) is 0 Å². The monoisotopic (exact) mass is 214 g/mol. The minimum absolute atomic E-state index is 0.0169. The molecule has 0 atom stereocenters. The van der Waals surface area contributed by atoms with Gasteiger partial charge in [0.05, 0.1) is 12.3 Å². The van der Waals surface area contributed by atoms with Gasteiger partial charge >= 0.3 is 0 Å². The van der Waals surface area contributed by atoms with Gasteiger partial charge in [-0.25, -0.2) is 13.1 Å².